The highest BCUT2D eigenvalue weighted by molar-refractivity contribution is 7.07. The largest absolute Gasteiger partial charge is 0.463 e. The average molecular weight is 674 g/mol. The number of benzene rings is 2. The number of furan rings is 2. The lowest BCUT2D eigenvalue weighted by atomic mass is 10.0. The van der Waals surface area contributed by atoms with Gasteiger partial charge >= 0.3 is 5.97 Å². The molecule has 1 aliphatic rings. The van der Waals surface area contributed by atoms with E-state index in [1.165, 1.54) is 15.9 Å². The van der Waals surface area contributed by atoms with E-state index >= 15 is 0 Å². The van der Waals surface area contributed by atoms with Crippen LogP contribution in [0.5, 0.6) is 0 Å². The lowest BCUT2D eigenvalue weighted by molar-refractivity contribution is -0.139. The van der Waals surface area contributed by atoms with Crippen LogP contribution in [-0.4, -0.2) is 17.1 Å². The minimum absolute atomic E-state index is 0.151. The van der Waals surface area contributed by atoms with Crippen molar-refractivity contribution >= 4 is 69.8 Å². The van der Waals surface area contributed by atoms with Crippen LogP contribution in [0.4, 0.5) is 0 Å². The number of hydrogen-bond donors (Lipinski definition) is 0. The number of esters is 1. The predicted molar refractivity (Wildman–Crippen MR) is 169 cm³/mol. The number of halogens is 4. The number of hydrogen-bond acceptors (Lipinski definition) is 7. The van der Waals surface area contributed by atoms with E-state index in [0.717, 1.165) is 0 Å². The molecule has 43 heavy (non-hydrogen) atoms. The van der Waals surface area contributed by atoms with E-state index in [1.54, 1.807) is 80.6 Å². The fraction of sp³-hybridized carbons (Fsp3) is 0.129. The zero-order chi connectivity index (χ0) is 30.4. The highest BCUT2D eigenvalue weighted by Gasteiger charge is 2.35. The Morgan fingerprint density at radius 1 is 0.977 bits per heavy atom. The molecule has 2 aromatic carbocycles. The maximum atomic E-state index is 13.9. The molecule has 6 rings (SSSR count). The summed E-state index contributed by atoms with van der Waals surface area (Å²) in [6, 6.07) is 16.3. The SMILES string of the molecule is CCOC(=O)C1=C(C)N=c2s/c(=C\c3ccc(-c4ccc(Cl)cc4Cl)o3)c(=O)n2[C@H]1c1ccc(-c2ccc(Cl)c(Cl)c2)o1. The van der Waals surface area contributed by atoms with Gasteiger partial charge in [-0.25, -0.2) is 9.79 Å². The number of thiazole rings is 1. The van der Waals surface area contributed by atoms with Gasteiger partial charge in [-0.3, -0.25) is 9.36 Å². The van der Waals surface area contributed by atoms with E-state index in [1.807, 2.05) is 0 Å². The van der Waals surface area contributed by atoms with Crippen molar-refractivity contribution in [1.29, 1.82) is 0 Å². The minimum Gasteiger partial charge on any atom is -0.463 e. The van der Waals surface area contributed by atoms with Crippen molar-refractivity contribution in [2.45, 2.75) is 19.9 Å². The molecule has 4 heterocycles. The molecule has 0 saturated carbocycles. The maximum absolute atomic E-state index is 13.9. The Morgan fingerprint density at radius 2 is 1.77 bits per heavy atom. The van der Waals surface area contributed by atoms with E-state index in [9.17, 15) is 9.59 Å². The van der Waals surface area contributed by atoms with Crippen molar-refractivity contribution in [3.8, 4) is 22.6 Å². The summed E-state index contributed by atoms with van der Waals surface area (Å²) in [4.78, 5) is 32.1. The molecule has 218 valence electrons. The number of nitrogens with zero attached hydrogens (tertiary/aromatic N) is 2. The first-order valence-corrected chi connectivity index (χ1v) is 15.3. The average Bonchev–Trinajstić information content (AvgIpc) is 3.70. The second-order valence-electron chi connectivity index (χ2n) is 9.46. The van der Waals surface area contributed by atoms with Crippen molar-refractivity contribution in [1.82, 2.24) is 4.57 Å². The van der Waals surface area contributed by atoms with Crippen molar-refractivity contribution in [3.05, 3.63) is 123 Å². The van der Waals surface area contributed by atoms with Crippen LogP contribution in [0.2, 0.25) is 20.1 Å². The van der Waals surface area contributed by atoms with Crippen LogP contribution in [0.15, 0.2) is 90.6 Å². The van der Waals surface area contributed by atoms with Gasteiger partial charge in [-0.15, -0.1) is 0 Å². The summed E-state index contributed by atoms with van der Waals surface area (Å²) in [5.41, 5.74) is 1.59. The lowest BCUT2D eigenvalue weighted by Crippen LogP contribution is -2.39. The predicted octanol–water partition coefficient (Wildman–Crippen LogP) is 7.93. The summed E-state index contributed by atoms with van der Waals surface area (Å²) in [7, 11) is 0. The quantitative estimate of drug-likeness (QED) is 0.171. The molecule has 0 amide bonds. The van der Waals surface area contributed by atoms with Gasteiger partial charge in [0.1, 0.15) is 29.1 Å². The van der Waals surface area contributed by atoms with Crippen LogP contribution in [0.1, 0.15) is 31.4 Å². The van der Waals surface area contributed by atoms with Gasteiger partial charge in [0, 0.05) is 22.2 Å². The Labute approximate surface area is 268 Å². The van der Waals surface area contributed by atoms with Gasteiger partial charge in [0.15, 0.2) is 4.80 Å². The van der Waals surface area contributed by atoms with Gasteiger partial charge in [-0.2, -0.15) is 0 Å². The third kappa shape index (κ3) is 5.61. The molecular formula is C31H20Cl4N2O5S. The molecule has 5 aromatic rings. The molecule has 12 heteroatoms. The molecule has 3 aromatic heterocycles. The molecule has 1 aliphatic heterocycles. The van der Waals surface area contributed by atoms with Crippen LogP contribution in [0, 0.1) is 0 Å². The number of aromatic nitrogens is 1. The molecule has 0 bridgehead atoms. The van der Waals surface area contributed by atoms with Crippen molar-refractivity contribution in [2.24, 2.45) is 4.99 Å². The molecule has 0 aliphatic carbocycles. The van der Waals surface area contributed by atoms with E-state index in [0.29, 0.717) is 69.3 Å². The molecule has 0 saturated heterocycles. The molecule has 0 radical (unpaired) electrons. The molecule has 1 atom stereocenters. The summed E-state index contributed by atoms with van der Waals surface area (Å²) >= 11 is 25.9. The summed E-state index contributed by atoms with van der Waals surface area (Å²) in [6.07, 6.45) is 1.63. The lowest BCUT2D eigenvalue weighted by Gasteiger charge is -2.22. The zero-order valence-corrected chi connectivity index (χ0v) is 26.3. The molecule has 0 N–H and O–H groups in total. The van der Waals surface area contributed by atoms with E-state index in [-0.39, 0.29) is 17.7 Å². The normalized spacial score (nSPS) is 15.0. The summed E-state index contributed by atoms with van der Waals surface area (Å²) < 4.78 is 19.4. The number of ether oxygens (including phenoxy) is 1. The van der Waals surface area contributed by atoms with Crippen LogP contribution >= 0.6 is 57.7 Å². The Kier molecular flexibility index (Phi) is 8.15. The molecule has 7 nitrogen and oxygen atoms in total. The van der Waals surface area contributed by atoms with Crippen LogP contribution in [0.25, 0.3) is 28.7 Å². The van der Waals surface area contributed by atoms with Crippen LogP contribution in [0.3, 0.4) is 0 Å². The van der Waals surface area contributed by atoms with E-state index in [4.69, 9.17) is 60.0 Å². The van der Waals surface area contributed by atoms with Crippen molar-refractivity contribution < 1.29 is 18.4 Å². The molecule has 0 spiro atoms. The fourth-order valence-electron chi connectivity index (χ4n) is 4.76. The molecule has 0 fully saturated rings. The summed E-state index contributed by atoms with van der Waals surface area (Å²) in [5.74, 6) is 1.20. The number of carbonyl (C=O) groups excluding carboxylic acids is 1. The van der Waals surface area contributed by atoms with Gasteiger partial charge in [-0.1, -0.05) is 57.7 Å². The smallest absolute Gasteiger partial charge is 0.338 e. The number of fused-ring (bicyclic) bond motifs is 1. The Balaban J connectivity index is 1.46. The van der Waals surface area contributed by atoms with Crippen LogP contribution in [-0.2, 0) is 9.53 Å². The summed E-state index contributed by atoms with van der Waals surface area (Å²) in [5, 5.41) is 1.72. The molecular weight excluding hydrogens is 654 g/mol. The van der Waals surface area contributed by atoms with Crippen LogP contribution < -0.4 is 14.9 Å². The Hall–Kier alpha value is -3.53. The van der Waals surface area contributed by atoms with Gasteiger partial charge in [0.05, 0.1) is 37.5 Å². The van der Waals surface area contributed by atoms with E-state index < -0.39 is 12.0 Å². The minimum atomic E-state index is -0.922. The number of rotatable bonds is 6. The first-order chi connectivity index (χ1) is 20.6. The fourth-order valence-corrected chi connectivity index (χ4v) is 6.59. The van der Waals surface area contributed by atoms with E-state index in [2.05, 4.69) is 4.99 Å². The first-order valence-electron chi connectivity index (χ1n) is 12.9. The third-order valence-corrected chi connectivity index (χ3v) is 8.98. The van der Waals surface area contributed by atoms with Gasteiger partial charge < -0.3 is 13.6 Å². The van der Waals surface area contributed by atoms with Gasteiger partial charge in [0.2, 0.25) is 0 Å². The van der Waals surface area contributed by atoms with Gasteiger partial charge in [-0.05, 0) is 74.5 Å². The second-order valence-corrected chi connectivity index (χ2v) is 12.1. The van der Waals surface area contributed by atoms with Crippen molar-refractivity contribution in [2.75, 3.05) is 6.61 Å². The van der Waals surface area contributed by atoms with Crippen molar-refractivity contribution in [3.63, 3.8) is 0 Å². The number of allylic oxidation sites excluding steroid dienone is 1. The topological polar surface area (TPSA) is 86.9 Å². The Bertz CT molecular complexity index is 2120. The second kappa shape index (κ2) is 11.9. The highest BCUT2D eigenvalue weighted by Crippen LogP contribution is 2.36. The standard InChI is InChI=1S/C31H20Cl4N2O5S/c1-3-40-30(39)27-15(2)36-31-37(28(27)25-11-10-23(42-25)16-4-8-20(33)22(35)12-16)29(38)26(43-31)14-18-6-9-24(41-18)19-7-5-17(32)13-21(19)34/h4-14,28H,3H2,1-2H3/b26-14-/t28-/m0/s1. The maximum Gasteiger partial charge on any atom is 0.338 e. The zero-order valence-electron chi connectivity index (χ0n) is 22.5. The summed E-state index contributed by atoms with van der Waals surface area (Å²) in [6.45, 7) is 3.56. The monoisotopic (exact) mass is 672 g/mol. The highest BCUT2D eigenvalue weighted by atomic mass is 35.5. The number of carbonyl (C=O) groups is 1. The molecule has 0 unspecified atom stereocenters. The first kappa shape index (κ1) is 29.5. The third-order valence-electron chi connectivity index (χ3n) is 6.71. The van der Waals surface area contributed by atoms with Gasteiger partial charge in [0.25, 0.3) is 5.56 Å². The Morgan fingerprint density at radius 3 is 2.51 bits per heavy atom.